The maximum Gasteiger partial charge on any atom is 0.337 e. The molecule has 0 saturated heterocycles. The first-order valence-electron chi connectivity index (χ1n) is 12.7. The smallest absolute Gasteiger partial charge is 0.337 e. The van der Waals surface area contributed by atoms with Crippen LogP contribution in [-0.4, -0.2) is 38.5 Å². The van der Waals surface area contributed by atoms with Crippen molar-refractivity contribution in [2.45, 2.75) is 63.3 Å². The van der Waals surface area contributed by atoms with Crippen molar-refractivity contribution in [1.82, 2.24) is 10.1 Å². The highest BCUT2D eigenvalue weighted by Crippen LogP contribution is 2.46. The standard InChI is InChI=1S/C19H21Cl2NO3.C10H7NO2/c20-15-2-1-3-16(21)17(15)18-14(19(25-22-18)11-4-5-11)10-24-13-8-6-12(23)7-9-13;12-10(13)8-5-7-3-1-2-4-9(7)11-6-8/h1-3,11-13,23H,4-10H2;1-6H,(H,12,13). The van der Waals surface area contributed by atoms with E-state index in [1.54, 1.807) is 18.2 Å². The van der Waals surface area contributed by atoms with Crippen molar-refractivity contribution in [1.29, 1.82) is 0 Å². The van der Waals surface area contributed by atoms with E-state index in [-0.39, 0.29) is 17.8 Å². The Bertz CT molecular complexity index is 1410. The number of hydrogen-bond acceptors (Lipinski definition) is 6. The van der Waals surface area contributed by atoms with Crippen LogP contribution in [0.1, 0.15) is 66.1 Å². The Balaban J connectivity index is 0.000000190. The number of aromatic nitrogens is 2. The van der Waals surface area contributed by atoms with E-state index < -0.39 is 5.97 Å². The molecule has 0 radical (unpaired) electrons. The third-order valence-electron chi connectivity index (χ3n) is 6.91. The Morgan fingerprint density at radius 2 is 1.71 bits per heavy atom. The van der Waals surface area contributed by atoms with Crippen LogP contribution in [0, 0.1) is 0 Å². The summed E-state index contributed by atoms with van der Waals surface area (Å²) in [6.45, 7) is 0.437. The first kappa shape index (κ1) is 26.6. The Morgan fingerprint density at radius 1 is 1.00 bits per heavy atom. The number of rotatable bonds is 6. The van der Waals surface area contributed by atoms with Gasteiger partial charge in [-0.25, -0.2) is 4.79 Å². The molecule has 7 nitrogen and oxygen atoms in total. The molecule has 2 saturated carbocycles. The van der Waals surface area contributed by atoms with Gasteiger partial charge in [0, 0.05) is 28.6 Å². The number of aromatic carboxylic acids is 1. The van der Waals surface area contributed by atoms with E-state index in [1.807, 2.05) is 30.3 Å². The molecule has 2 N–H and O–H groups in total. The maximum absolute atomic E-state index is 10.6. The van der Waals surface area contributed by atoms with Gasteiger partial charge in [0.2, 0.25) is 0 Å². The van der Waals surface area contributed by atoms with Gasteiger partial charge in [-0.1, -0.05) is 52.6 Å². The SMILES string of the molecule is O=C(O)c1cnc2ccccc2c1.OC1CCC(OCc2c(-c3c(Cl)cccc3Cl)noc2C2CC2)CC1. The minimum atomic E-state index is -0.946. The lowest BCUT2D eigenvalue weighted by molar-refractivity contribution is -0.0121. The van der Waals surface area contributed by atoms with Gasteiger partial charge in [-0.3, -0.25) is 4.98 Å². The van der Waals surface area contributed by atoms with Crippen LogP contribution in [0.5, 0.6) is 0 Å². The molecule has 0 atom stereocenters. The number of aliphatic hydroxyl groups excluding tert-OH is 1. The maximum atomic E-state index is 10.6. The fraction of sp³-hybridized carbons (Fsp3) is 0.345. The number of pyridine rings is 1. The normalized spacial score (nSPS) is 19.1. The van der Waals surface area contributed by atoms with Crippen molar-refractivity contribution in [2.75, 3.05) is 0 Å². The third-order valence-corrected chi connectivity index (χ3v) is 7.54. The number of carboxylic acid groups (broad SMARTS) is 1. The van der Waals surface area contributed by atoms with E-state index in [4.69, 9.17) is 37.6 Å². The minimum absolute atomic E-state index is 0.167. The molecule has 38 heavy (non-hydrogen) atoms. The number of fused-ring (bicyclic) bond motifs is 1. The summed E-state index contributed by atoms with van der Waals surface area (Å²) in [6.07, 6.45) is 6.95. The predicted molar refractivity (Wildman–Crippen MR) is 146 cm³/mol. The Labute approximate surface area is 230 Å². The summed E-state index contributed by atoms with van der Waals surface area (Å²) in [5.41, 5.74) is 3.39. The molecular formula is C29H28Cl2N2O5. The lowest BCUT2D eigenvalue weighted by Gasteiger charge is -2.25. The van der Waals surface area contributed by atoms with Gasteiger partial charge >= 0.3 is 5.97 Å². The molecule has 0 bridgehead atoms. The van der Waals surface area contributed by atoms with E-state index in [1.165, 1.54) is 6.20 Å². The lowest BCUT2D eigenvalue weighted by atomic mass is 9.95. The topological polar surface area (TPSA) is 106 Å². The van der Waals surface area contributed by atoms with Crippen molar-refractivity contribution < 1.29 is 24.3 Å². The predicted octanol–water partition coefficient (Wildman–Crippen LogP) is 7.28. The molecule has 0 amide bonds. The van der Waals surface area contributed by atoms with Crippen LogP contribution in [-0.2, 0) is 11.3 Å². The summed E-state index contributed by atoms with van der Waals surface area (Å²) in [4.78, 5) is 14.6. The molecule has 198 valence electrons. The van der Waals surface area contributed by atoms with Crippen LogP contribution >= 0.6 is 23.2 Å². The minimum Gasteiger partial charge on any atom is -0.478 e. The molecule has 2 aliphatic carbocycles. The van der Waals surface area contributed by atoms with E-state index in [9.17, 15) is 9.90 Å². The van der Waals surface area contributed by atoms with Crippen LogP contribution in [0.15, 0.2) is 59.3 Å². The summed E-state index contributed by atoms with van der Waals surface area (Å²) in [5, 5.41) is 24.6. The van der Waals surface area contributed by atoms with Gasteiger partial charge in [-0.05, 0) is 62.8 Å². The molecule has 2 aromatic heterocycles. The van der Waals surface area contributed by atoms with E-state index in [0.717, 1.165) is 60.8 Å². The first-order valence-corrected chi connectivity index (χ1v) is 13.5. The molecule has 2 aromatic carbocycles. The Hall–Kier alpha value is -2.97. The highest BCUT2D eigenvalue weighted by molar-refractivity contribution is 6.39. The summed E-state index contributed by atoms with van der Waals surface area (Å²) < 4.78 is 11.8. The van der Waals surface area contributed by atoms with Crippen LogP contribution in [0.2, 0.25) is 10.0 Å². The quantitative estimate of drug-likeness (QED) is 0.258. The first-order chi connectivity index (χ1) is 18.4. The monoisotopic (exact) mass is 554 g/mol. The zero-order chi connectivity index (χ0) is 26.6. The number of carbonyl (C=O) groups is 1. The van der Waals surface area contributed by atoms with Gasteiger partial charge in [0.15, 0.2) is 0 Å². The fourth-order valence-corrected chi connectivity index (χ4v) is 5.23. The Morgan fingerprint density at radius 3 is 2.39 bits per heavy atom. The number of hydrogen-bond donors (Lipinski definition) is 2. The van der Waals surface area contributed by atoms with Gasteiger partial charge in [-0.2, -0.15) is 0 Å². The summed E-state index contributed by atoms with van der Waals surface area (Å²) in [7, 11) is 0. The van der Waals surface area contributed by atoms with Gasteiger partial charge < -0.3 is 19.5 Å². The highest BCUT2D eigenvalue weighted by atomic mass is 35.5. The van der Waals surface area contributed by atoms with Crippen LogP contribution in [0.3, 0.4) is 0 Å². The second-order valence-corrected chi connectivity index (χ2v) is 10.5. The number of nitrogens with zero attached hydrogens (tertiary/aromatic N) is 2. The van der Waals surface area contributed by atoms with Crippen molar-refractivity contribution in [3.05, 3.63) is 81.7 Å². The molecule has 2 fully saturated rings. The number of halogens is 2. The number of carboxylic acids is 1. The summed E-state index contributed by atoms with van der Waals surface area (Å²) >= 11 is 12.7. The van der Waals surface area contributed by atoms with Crippen molar-refractivity contribution in [2.24, 2.45) is 0 Å². The largest absolute Gasteiger partial charge is 0.478 e. The van der Waals surface area contributed by atoms with Crippen LogP contribution < -0.4 is 0 Å². The zero-order valence-electron chi connectivity index (χ0n) is 20.6. The number of ether oxygens (including phenoxy) is 1. The summed E-state index contributed by atoms with van der Waals surface area (Å²) in [6, 6.07) is 14.5. The number of aliphatic hydroxyl groups is 1. The van der Waals surface area contributed by atoms with Crippen molar-refractivity contribution in [3.63, 3.8) is 0 Å². The number of benzene rings is 2. The fourth-order valence-electron chi connectivity index (χ4n) is 4.65. The van der Waals surface area contributed by atoms with Crippen molar-refractivity contribution in [3.8, 4) is 11.3 Å². The highest BCUT2D eigenvalue weighted by Gasteiger charge is 2.34. The van der Waals surface area contributed by atoms with Crippen LogP contribution in [0.25, 0.3) is 22.2 Å². The average Bonchev–Trinajstić information content (AvgIpc) is 3.68. The zero-order valence-corrected chi connectivity index (χ0v) is 22.2. The molecule has 4 aromatic rings. The van der Waals surface area contributed by atoms with Gasteiger partial charge in [0.05, 0.1) is 39.9 Å². The lowest BCUT2D eigenvalue weighted by Crippen LogP contribution is -2.24. The molecule has 6 rings (SSSR count). The third kappa shape index (κ3) is 6.18. The van der Waals surface area contributed by atoms with Crippen LogP contribution in [0.4, 0.5) is 0 Å². The summed E-state index contributed by atoms with van der Waals surface area (Å²) in [5.74, 6) is 0.384. The molecule has 2 aliphatic rings. The molecule has 9 heteroatoms. The second kappa shape index (κ2) is 11.8. The van der Waals surface area contributed by atoms with E-state index in [0.29, 0.717) is 33.8 Å². The molecule has 2 heterocycles. The second-order valence-electron chi connectivity index (χ2n) is 9.71. The van der Waals surface area contributed by atoms with E-state index >= 15 is 0 Å². The van der Waals surface area contributed by atoms with Gasteiger partial charge in [0.25, 0.3) is 0 Å². The average molecular weight is 555 g/mol. The van der Waals surface area contributed by atoms with Gasteiger partial charge in [0.1, 0.15) is 11.5 Å². The molecule has 0 spiro atoms. The van der Waals surface area contributed by atoms with E-state index in [2.05, 4.69) is 10.1 Å². The molecule has 0 unspecified atom stereocenters. The van der Waals surface area contributed by atoms with Gasteiger partial charge in [-0.15, -0.1) is 0 Å². The molecular weight excluding hydrogens is 527 g/mol. The molecule has 0 aliphatic heterocycles. The Kier molecular flexibility index (Phi) is 8.29. The number of para-hydroxylation sites is 1. The van der Waals surface area contributed by atoms with Crippen molar-refractivity contribution >= 4 is 40.1 Å².